The molecule has 0 rings (SSSR count). The van der Waals surface area contributed by atoms with E-state index in [0.717, 1.165) is 6.26 Å². The average molecular weight is 222 g/mol. The van der Waals surface area contributed by atoms with Gasteiger partial charge in [0.15, 0.2) is 5.96 Å². The zero-order chi connectivity index (χ0) is 11.0. The van der Waals surface area contributed by atoms with Crippen LogP contribution in [0.2, 0.25) is 0 Å². The van der Waals surface area contributed by atoms with Gasteiger partial charge < -0.3 is 10.6 Å². The Hall–Kier alpha value is -0.820. The quantitative estimate of drug-likeness (QED) is 0.307. The maximum atomic E-state index is 10.7. The number of nitrogens with zero attached hydrogens (tertiary/aromatic N) is 1. The van der Waals surface area contributed by atoms with Crippen LogP contribution < -0.4 is 15.4 Å². The van der Waals surface area contributed by atoms with Crippen LogP contribution in [0.3, 0.4) is 0 Å². The zero-order valence-corrected chi connectivity index (χ0v) is 9.61. The van der Waals surface area contributed by atoms with E-state index < -0.39 is 10.0 Å². The first-order valence-corrected chi connectivity index (χ1v) is 6.22. The van der Waals surface area contributed by atoms with Crippen LogP contribution in [-0.4, -0.2) is 47.8 Å². The Morgan fingerprint density at radius 2 is 2.00 bits per heavy atom. The summed E-state index contributed by atoms with van der Waals surface area (Å²) in [6.45, 7) is 1.11. The van der Waals surface area contributed by atoms with Gasteiger partial charge >= 0.3 is 0 Å². The van der Waals surface area contributed by atoms with Gasteiger partial charge in [-0.2, -0.15) is 0 Å². The highest BCUT2D eigenvalue weighted by Crippen LogP contribution is 1.78. The van der Waals surface area contributed by atoms with Gasteiger partial charge in [-0.15, -0.1) is 0 Å². The SMILES string of the molecule is CN=C(NC)NCCCNS(C)(=O)=O. The molecule has 0 aromatic heterocycles. The average Bonchev–Trinajstić information content (AvgIpc) is 2.09. The van der Waals surface area contributed by atoms with Crippen molar-refractivity contribution in [2.45, 2.75) is 6.42 Å². The maximum Gasteiger partial charge on any atom is 0.208 e. The Morgan fingerprint density at radius 3 is 2.43 bits per heavy atom. The highest BCUT2D eigenvalue weighted by molar-refractivity contribution is 7.88. The third kappa shape index (κ3) is 7.81. The van der Waals surface area contributed by atoms with Gasteiger partial charge in [0.2, 0.25) is 10.0 Å². The molecule has 0 radical (unpaired) electrons. The van der Waals surface area contributed by atoms with Gasteiger partial charge in [0.05, 0.1) is 6.26 Å². The first kappa shape index (κ1) is 13.2. The molecule has 0 spiro atoms. The number of nitrogens with one attached hydrogen (secondary N) is 3. The van der Waals surface area contributed by atoms with E-state index in [1.807, 2.05) is 0 Å². The van der Waals surface area contributed by atoms with E-state index in [-0.39, 0.29) is 0 Å². The summed E-state index contributed by atoms with van der Waals surface area (Å²) in [6, 6.07) is 0. The van der Waals surface area contributed by atoms with Crippen LogP contribution in [0.25, 0.3) is 0 Å². The van der Waals surface area contributed by atoms with Gasteiger partial charge in [0, 0.05) is 27.2 Å². The van der Waals surface area contributed by atoms with Crippen molar-refractivity contribution in [2.75, 3.05) is 33.4 Å². The highest BCUT2D eigenvalue weighted by atomic mass is 32.2. The van der Waals surface area contributed by atoms with Crippen LogP contribution >= 0.6 is 0 Å². The molecule has 0 aliphatic carbocycles. The van der Waals surface area contributed by atoms with E-state index in [1.54, 1.807) is 14.1 Å². The van der Waals surface area contributed by atoms with E-state index in [4.69, 9.17) is 0 Å². The van der Waals surface area contributed by atoms with Crippen molar-refractivity contribution in [3.05, 3.63) is 0 Å². The molecule has 6 nitrogen and oxygen atoms in total. The largest absolute Gasteiger partial charge is 0.359 e. The Labute approximate surface area is 85.2 Å². The first-order valence-electron chi connectivity index (χ1n) is 4.32. The van der Waals surface area contributed by atoms with E-state index in [9.17, 15) is 8.42 Å². The Balaban J connectivity index is 3.48. The molecule has 0 aromatic carbocycles. The summed E-state index contributed by atoms with van der Waals surface area (Å²) < 4.78 is 23.7. The van der Waals surface area contributed by atoms with Gasteiger partial charge in [-0.05, 0) is 6.42 Å². The molecule has 0 fully saturated rings. The lowest BCUT2D eigenvalue weighted by atomic mass is 10.4. The van der Waals surface area contributed by atoms with Crippen LogP contribution in [0, 0.1) is 0 Å². The summed E-state index contributed by atoms with van der Waals surface area (Å²) in [5, 5.41) is 5.87. The van der Waals surface area contributed by atoms with E-state index in [1.165, 1.54) is 0 Å². The van der Waals surface area contributed by atoms with Crippen molar-refractivity contribution in [1.82, 2.24) is 15.4 Å². The minimum Gasteiger partial charge on any atom is -0.359 e. The molecule has 0 aliphatic heterocycles. The van der Waals surface area contributed by atoms with Crippen molar-refractivity contribution in [3.8, 4) is 0 Å². The van der Waals surface area contributed by atoms with Crippen LogP contribution in [0.5, 0.6) is 0 Å². The van der Waals surface area contributed by atoms with Crippen molar-refractivity contribution >= 4 is 16.0 Å². The summed E-state index contributed by atoms with van der Waals surface area (Å²) in [6.07, 6.45) is 1.86. The molecule has 0 atom stereocenters. The summed E-state index contributed by atoms with van der Waals surface area (Å²) >= 11 is 0. The third-order valence-corrected chi connectivity index (χ3v) is 2.20. The fraction of sp³-hybridized carbons (Fsp3) is 0.857. The van der Waals surface area contributed by atoms with Crippen LogP contribution in [-0.2, 0) is 10.0 Å². The molecule has 0 heterocycles. The molecular formula is C7H18N4O2S. The van der Waals surface area contributed by atoms with Crippen LogP contribution in [0.15, 0.2) is 4.99 Å². The lowest BCUT2D eigenvalue weighted by molar-refractivity contribution is 0.584. The number of sulfonamides is 1. The van der Waals surface area contributed by atoms with E-state index in [2.05, 4.69) is 20.3 Å². The topological polar surface area (TPSA) is 82.6 Å². The van der Waals surface area contributed by atoms with Gasteiger partial charge in [-0.3, -0.25) is 4.99 Å². The lowest BCUT2D eigenvalue weighted by Gasteiger charge is -2.07. The fourth-order valence-electron chi connectivity index (χ4n) is 0.832. The minimum atomic E-state index is -3.06. The molecule has 0 saturated carbocycles. The van der Waals surface area contributed by atoms with Gasteiger partial charge in [-0.25, -0.2) is 13.1 Å². The maximum absolute atomic E-state index is 10.7. The third-order valence-electron chi connectivity index (χ3n) is 1.47. The lowest BCUT2D eigenvalue weighted by Crippen LogP contribution is -2.36. The zero-order valence-electron chi connectivity index (χ0n) is 8.79. The summed E-state index contributed by atoms with van der Waals surface area (Å²) in [5.74, 6) is 0.698. The summed E-state index contributed by atoms with van der Waals surface area (Å²) in [7, 11) is 0.383. The molecule has 7 heteroatoms. The summed E-state index contributed by atoms with van der Waals surface area (Å²) in [4.78, 5) is 3.91. The van der Waals surface area contributed by atoms with Crippen molar-refractivity contribution < 1.29 is 8.42 Å². The van der Waals surface area contributed by atoms with E-state index in [0.29, 0.717) is 25.5 Å². The van der Waals surface area contributed by atoms with Gasteiger partial charge in [-0.1, -0.05) is 0 Å². The molecule has 14 heavy (non-hydrogen) atoms. The van der Waals surface area contributed by atoms with Gasteiger partial charge in [0.1, 0.15) is 0 Å². The van der Waals surface area contributed by atoms with Crippen LogP contribution in [0.1, 0.15) is 6.42 Å². The van der Waals surface area contributed by atoms with Crippen LogP contribution in [0.4, 0.5) is 0 Å². The molecular weight excluding hydrogens is 204 g/mol. The molecule has 0 amide bonds. The molecule has 0 saturated heterocycles. The van der Waals surface area contributed by atoms with Crippen molar-refractivity contribution in [2.24, 2.45) is 4.99 Å². The van der Waals surface area contributed by atoms with Crippen molar-refractivity contribution in [1.29, 1.82) is 0 Å². The molecule has 3 N–H and O–H groups in total. The predicted molar refractivity (Wildman–Crippen MR) is 57.9 cm³/mol. The number of guanidine groups is 1. The number of aliphatic imine (C=N–C) groups is 1. The molecule has 0 aromatic rings. The Kier molecular flexibility index (Phi) is 6.22. The molecule has 0 aliphatic rings. The number of hydrogen-bond acceptors (Lipinski definition) is 3. The molecule has 84 valence electrons. The van der Waals surface area contributed by atoms with Gasteiger partial charge in [0.25, 0.3) is 0 Å². The normalized spacial score (nSPS) is 12.6. The predicted octanol–water partition coefficient (Wildman–Crippen LogP) is -1.28. The van der Waals surface area contributed by atoms with E-state index >= 15 is 0 Å². The first-order chi connectivity index (χ1) is 6.49. The molecule has 0 unspecified atom stereocenters. The Morgan fingerprint density at radius 1 is 1.36 bits per heavy atom. The monoisotopic (exact) mass is 222 g/mol. The molecule has 0 bridgehead atoms. The highest BCUT2D eigenvalue weighted by Gasteiger charge is 1.98. The fourth-order valence-corrected chi connectivity index (χ4v) is 1.35. The number of rotatable bonds is 5. The smallest absolute Gasteiger partial charge is 0.208 e. The second kappa shape index (κ2) is 6.61. The minimum absolute atomic E-state index is 0.437. The second-order valence-electron chi connectivity index (χ2n) is 2.77. The second-order valence-corrected chi connectivity index (χ2v) is 4.60. The standard InChI is InChI=1S/C7H18N4O2S/c1-8-7(9-2)10-5-4-6-11-14(3,12)13/h11H,4-6H2,1-3H3,(H2,8,9,10). The number of hydrogen-bond donors (Lipinski definition) is 3. The summed E-state index contributed by atoms with van der Waals surface area (Å²) in [5.41, 5.74) is 0. The Bertz CT molecular complexity index is 273. The van der Waals surface area contributed by atoms with Crippen molar-refractivity contribution in [3.63, 3.8) is 0 Å².